The summed E-state index contributed by atoms with van der Waals surface area (Å²) in [5.41, 5.74) is 2.16. The highest BCUT2D eigenvalue weighted by molar-refractivity contribution is 7.16. The Balaban J connectivity index is 1.75. The largest absolute Gasteiger partial charge is 0.379 e. The summed E-state index contributed by atoms with van der Waals surface area (Å²) in [6.45, 7) is 4.73. The molecule has 1 aliphatic rings. The van der Waals surface area contributed by atoms with E-state index in [-0.39, 0.29) is 17.8 Å². The lowest BCUT2D eigenvalue weighted by atomic mass is 9.97. The van der Waals surface area contributed by atoms with E-state index in [1.807, 2.05) is 30.3 Å². The van der Waals surface area contributed by atoms with Crippen molar-refractivity contribution in [3.63, 3.8) is 0 Å². The van der Waals surface area contributed by atoms with Crippen LogP contribution in [0.4, 0.5) is 9.39 Å². The van der Waals surface area contributed by atoms with E-state index in [1.165, 1.54) is 6.07 Å². The molecule has 30 heavy (non-hydrogen) atoms. The van der Waals surface area contributed by atoms with Gasteiger partial charge < -0.3 is 10.1 Å². The number of morpholine rings is 1. The minimum Gasteiger partial charge on any atom is -0.379 e. The van der Waals surface area contributed by atoms with Crippen LogP contribution in [-0.2, 0) is 11.2 Å². The van der Waals surface area contributed by atoms with Crippen LogP contribution in [-0.4, -0.2) is 37.1 Å². The average molecular weight is 425 g/mol. The van der Waals surface area contributed by atoms with Gasteiger partial charge in [-0.25, -0.2) is 4.39 Å². The fourth-order valence-corrected chi connectivity index (χ4v) is 4.82. The summed E-state index contributed by atoms with van der Waals surface area (Å²) in [6, 6.07) is 17.9. The highest BCUT2D eigenvalue weighted by Gasteiger charge is 2.30. The van der Waals surface area contributed by atoms with Crippen LogP contribution in [0, 0.1) is 5.82 Å². The van der Waals surface area contributed by atoms with Crippen molar-refractivity contribution in [1.82, 2.24) is 4.90 Å². The van der Waals surface area contributed by atoms with Gasteiger partial charge in [-0.05, 0) is 30.7 Å². The number of benzene rings is 2. The van der Waals surface area contributed by atoms with Crippen molar-refractivity contribution in [1.29, 1.82) is 0 Å². The SMILES string of the molecule is CCc1cc([C@@H](c2ccccc2F)N2CCOCC2)c(NC(=O)c2ccccc2)s1. The van der Waals surface area contributed by atoms with Crippen LogP contribution in [0.2, 0.25) is 0 Å². The molecule has 1 N–H and O–H groups in total. The van der Waals surface area contributed by atoms with Gasteiger partial charge in [-0.1, -0.05) is 43.3 Å². The van der Waals surface area contributed by atoms with E-state index in [4.69, 9.17) is 4.74 Å². The quantitative estimate of drug-likeness (QED) is 0.597. The summed E-state index contributed by atoms with van der Waals surface area (Å²) in [6.07, 6.45) is 0.853. The summed E-state index contributed by atoms with van der Waals surface area (Å²) in [5.74, 6) is -0.394. The maximum atomic E-state index is 14.9. The summed E-state index contributed by atoms with van der Waals surface area (Å²) in [4.78, 5) is 16.2. The molecule has 1 atom stereocenters. The molecule has 1 aliphatic heterocycles. The second-order valence-corrected chi connectivity index (χ2v) is 8.38. The number of carbonyl (C=O) groups excluding carboxylic acids is 1. The Hall–Kier alpha value is -2.54. The van der Waals surface area contributed by atoms with Gasteiger partial charge >= 0.3 is 0 Å². The molecule has 0 aliphatic carbocycles. The molecule has 0 unspecified atom stereocenters. The molecule has 1 amide bonds. The first-order valence-corrected chi connectivity index (χ1v) is 11.0. The number of carbonyl (C=O) groups is 1. The lowest BCUT2D eigenvalue weighted by molar-refractivity contribution is 0.0235. The number of aryl methyl sites for hydroxylation is 1. The van der Waals surface area contributed by atoms with E-state index in [9.17, 15) is 9.18 Å². The fourth-order valence-electron chi connectivity index (χ4n) is 3.79. The molecule has 0 bridgehead atoms. The summed E-state index contributed by atoms with van der Waals surface area (Å²) >= 11 is 1.56. The molecular formula is C24H25FN2O2S. The Kier molecular flexibility index (Phi) is 6.57. The number of thiophene rings is 1. The van der Waals surface area contributed by atoms with Gasteiger partial charge in [0.15, 0.2) is 0 Å². The summed E-state index contributed by atoms with van der Waals surface area (Å²) in [7, 11) is 0. The predicted molar refractivity (Wildman–Crippen MR) is 119 cm³/mol. The van der Waals surface area contributed by atoms with Crippen LogP contribution in [0.1, 0.15) is 39.3 Å². The lowest BCUT2D eigenvalue weighted by Crippen LogP contribution is -2.40. The minimum absolute atomic E-state index is 0.157. The third kappa shape index (κ3) is 4.46. The van der Waals surface area contributed by atoms with Gasteiger partial charge in [0.2, 0.25) is 0 Å². The van der Waals surface area contributed by atoms with Gasteiger partial charge in [0, 0.05) is 34.7 Å². The second-order valence-electron chi connectivity index (χ2n) is 7.24. The van der Waals surface area contributed by atoms with Crippen LogP contribution < -0.4 is 5.32 Å². The number of hydrogen-bond acceptors (Lipinski definition) is 4. The number of nitrogens with one attached hydrogen (secondary N) is 1. The van der Waals surface area contributed by atoms with Crippen molar-refractivity contribution in [2.24, 2.45) is 0 Å². The molecule has 4 nitrogen and oxygen atoms in total. The Morgan fingerprint density at radius 1 is 1.10 bits per heavy atom. The number of anilines is 1. The van der Waals surface area contributed by atoms with E-state index in [0.29, 0.717) is 37.4 Å². The molecule has 1 aromatic heterocycles. The van der Waals surface area contributed by atoms with Gasteiger partial charge in [-0.15, -0.1) is 11.3 Å². The third-order valence-electron chi connectivity index (χ3n) is 5.33. The second kappa shape index (κ2) is 9.51. The number of ether oxygens (including phenoxy) is 1. The van der Waals surface area contributed by atoms with Crippen LogP contribution in [0.3, 0.4) is 0 Å². The van der Waals surface area contributed by atoms with Gasteiger partial charge in [0.05, 0.1) is 19.3 Å². The van der Waals surface area contributed by atoms with E-state index < -0.39 is 0 Å². The molecule has 0 radical (unpaired) electrons. The average Bonchev–Trinajstić information content (AvgIpc) is 3.19. The van der Waals surface area contributed by atoms with E-state index in [2.05, 4.69) is 23.2 Å². The molecule has 156 valence electrons. The Labute approximate surface area is 180 Å². The van der Waals surface area contributed by atoms with Gasteiger partial charge in [0.25, 0.3) is 5.91 Å². The first-order chi connectivity index (χ1) is 14.7. The standard InChI is InChI=1S/C24H25FN2O2S/c1-2-18-16-20(24(30-18)26-23(28)17-8-4-3-5-9-17)22(27-12-14-29-15-13-27)19-10-6-7-11-21(19)25/h3-11,16,22H,2,12-15H2,1H3,(H,26,28)/t22-/m1/s1. The molecule has 4 rings (SSSR count). The highest BCUT2D eigenvalue weighted by atomic mass is 32.1. The zero-order valence-corrected chi connectivity index (χ0v) is 17.8. The number of rotatable bonds is 6. The normalized spacial score (nSPS) is 15.7. The van der Waals surface area contributed by atoms with Crippen molar-refractivity contribution in [2.45, 2.75) is 19.4 Å². The lowest BCUT2D eigenvalue weighted by Gasteiger charge is -2.35. The molecule has 2 heterocycles. The Morgan fingerprint density at radius 3 is 2.50 bits per heavy atom. The monoisotopic (exact) mass is 424 g/mol. The zero-order chi connectivity index (χ0) is 20.9. The Bertz CT molecular complexity index is 999. The fraction of sp³-hybridized carbons (Fsp3) is 0.292. The number of nitrogens with zero attached hydrogens (tertiary/aromatic N) is 1. The number of halogens is 1. The first kappa shape index (κ1) is 20.7. The van der Waals surface area contributed by atoms with Crippen molar-refractivity contribution in [3.05, 3.63) is 88.0 Å². The molecule has 2 aromatic carbocycles. The highest BCUT2D eigenvalue weighted by Crippen LogP contribution is 2.40. The van der Waals surface area contributed by atoms with Crippen LogP contribution in [0.25, 0.3) is 0 Å². The minimum atomic E-state index is -0.280. The topological polar surface area (TPSA) is 41.6 Å². The van der Waals surface area contributed by atoms with Crippen molar-refractivity contribution in [3.8, 4) is 0 Å². The summed E-state index contributed by atoms with van der Waals surface area (Å²) < 4.78 is 20.4. The molecule has 0 saturated carbocycles. The van der Waals surface area contributed by atoms with Crippen LogP contribution >= 0.6 is 11.3 Å². The maximum Gasteiger partial charge on any atom is 0.256 e. The van der Waals surface area contributed by atoms with Crippen LogP contribution in [0.5, 0.6) is 0 Å². The van der Waals surface area contributed by atoms with Crippen LogP contribution in [0.15, 0.2) is 60.7 Å². The summed E-state index contributed by atoms with van der Waals surface area (Å²) in [5, 5.41) is 3.87. The van der Waals surface area contributed by atoms with Crippen molar-refractivity contribution < 1.29 is 13.9 Å². The molecule has 1 fully saturated rings. The molecular weight excluding hydrogens is 399 g/mol. The maximum absolute atomic E-state index is 14.9. The molecule has 0 spiro atoms. The number of hydrogen-bond donors (Lipinski definition) is 1. The molecule has 3 aromatic rings. The third-order valence-corrected chi connectivity index (χ3v) is 6.54. The van der Waals surface area contributed by atoms with Crippen molar-refractivity contribution >= 4 is 22.2 Å². The van der Waals surface area contributed by atoms with Gasteiger partial charge in [0.1, 0.15) is 10.8 Å². The number of amides is 1. The molecule has 6 heteroatoms. The van der Waals surface area contributed by atoms with Gasteiger partial charge in [-0.3, -0.25) is 9.69 Å². The van der Waals surface area contributed by atoms with Crippen molar-refractivity contribution in [2.75, 3.05) is 31.6 Å². The smallest absolute Gasteiger partial charge is 0.256 e. The van der Waals surface area contributed by atoms with E-state index in [1.54, 1.807) is 29.5 Å². The Morgan fingerprint density at radius 2 is 1.80 bits per heavy atom. The van der Waals surface area contributed by atoms with E-state index in [0.717, 1.165) is 21.9 Å². The van der Waals surface area contributed by atoms with Gasteiger partial charge in [-0.2, -0.15) is 0 Å². The predicted octanol–water partition coefficient (Wildman–Crippen LogP) is 5.12. The zero-order valence-electron chi connectivity index (χ0n) is 16.9. The molecule has 1 saturated heterocycles. The van der Waals surface area contributed by atoms with E-state index >= 15 is 0 Å². The first-order valence-electron chi connectivity index (χ1n) is 10.2.